The van der Waals surface area contributed by atoms with Gasteiger partial charge in [-0.3, -0.25) is 4.79 Å². The van der Waals surface area contributed by atoms with E-state index in [1.165, 1.54) is 18.4 Å². The first-order valence-electron chi connectivity index (χ1n) is 4.64. The van der Waals surface area contributed by atoms with Crippen LogP contribution in [0.3, 0.4) is 0 Å². The zero-order valence-electron chi connectivity index (χ0n) is 9.07. The van der Waals surface area contributed by atoms with Crippen LogP contribution in [0.2, 0.25) is 0 Å². The van der Waals surface area contributed by atoms with Crippen LogP contribution in [0, 0.1) is 6.92 Å². The zero-order valence-corrected chi connectivity index (χ0v) is 9.89. The molecular formula is C10H13NO4S. The molecule has 0 saturated heterocycles. The number of ether oxygens (including phenoxy) is 1. The number of carbonyl (C=O) groups is 2. The Balaban J connectivity index is 2.54. The topological polar surface area (TPSA) is 75.6 Å². The summed E-state index contributed by atoms with van der Waals surface area (Å²) in [6.45, 7) is 2.44. The average Bonchev–Trinajstić information content (AvgIpc) is 2.60. The number of hydrogen-bond acceptors (Lipinski definition) is 5. The van der Waals surface area contributed by atoms with Gasteiger partial charge in [0.1, 0.15) is 4.88 Å². The van der Waals surface area contributed by atoms with E-state index in [2.05, 4.69) is 10.1 Å². The molecule has 1 aromatic rings. The third kappa shape index (κ3) is 3.32. The van der Waals surface area contributed by atoms with Gasteiger partial charge in [0.05, 0.1) is 13.7 Å². The van der Waals surface area contributed by atoms with Crippen molar-refractivity contribution in [3.8, 4) is 0 Å². The molecule has 16 heavy (non-hydrogen) atoms. The lowest BCUT2D eigenvalue weighted by Crippen LogP contribution is -2.23. The molecule has 88 valence electrons. The summed E-state index contributed by atoms with van der Waals surface area (Å²) in [7, 11) is 1.32. The molecule has 0 aliphatic carbocycles. The summed E-state index contributed by atoms with van der Waals surface area (Å²) in [5.74, 6) is -1.27. The van der Waals surface area contributed by atoms with Crippen molar-refractivity contribution >= 4 is 23.3 Å². The second-order valence-electron chi connectivity index (χ2n) is 3.18. The Kier molecular flexibility index (Phi) is 4.45. The van der Waals surface area contributed by atoms with Crippen molar-refractivity contribution in [3.05, 3.63) is 21.4 Å². The molecule has 0 radical (unpaired) electrons. The molecule has 0 aromatic carbocycles. The van der Waals surface area contributed by atoms with Crippen molar-refractivity contribution in [2.24, 2.45) is 0 Å². The van der Waals surface area contributed by atoms with E-state index in [9.17, 15) is 9.59 Å². The maximum absolute atomic E-state index is 10.8. The number of aryl methyl sites for hydroxylation is 1. The van der Waals surface area contributed by atoms with Gasteiger partial charge in [-0.05, 0) is 18.6 Å². The number of aromatic carboxylic acids is 1. The minimum atomic E-state index is -0.924. The molecule has 0 amide bonds. The van der Waals surface area contributed by atoms with Crippen molar-refractivity contribution < 1.29 is 19.4 Å². The predicted octanol–water partition coefficient (Wildman–Crippen LogP) is 1.02. The SMILES string of the molecule is COC(=O)CNCc1cc(C(=O)O)sc1C. The maximum Gasteiger partial charge on any atom is 0.345 e. The highest BCUT2D eigenvalue weighted by molar-refractivity contribution is 7.14. The summed E-state index contributed by atoms with van der Waals surface area (Å²) in [5, 5.41) is 11.7. The number of methoxy groups -OCH3 is 1. The molecule has 0 saturated carbocycles. The van der Waals surface area contributed by atoms with E-state index in [-0.39, 0.29) is 12.5 Å². The minimum absolute atomic E-state index is 0.119. The summed E-state index contributed by atoms with van der Waals surface area (Å²) < 4.78 is 4.47. The lowest BCUT2D eigenvalue weighted by Gasteiger charge is -2.02. The normalized spacial score (nSPS) is 10.1. The van der Waals surface area contributed by atoms with E-state index in [1.807, 2.05) is 6.92 Å². The van der Waals surface area contributed by atoms with Crippen LogP contribution in [0.25, 0.3) is 0 Å². The average molecular weight is 243 g/mol. The molecule has 6 heteroatoms. The number of carboxylic acid groups (broad SMARTS) is 1. The van der Waals surface area contributed by atoms with E-state index in [0.717, 1.165) is 10.4 Å². The van der Waals surface area contributed by atoms with Gasteiger partial charge in [-0.2, -0.15) is 0 Å². The molecule has 0 unspecified atom stereocenters. The van der Waals surface area contributed by atoms with Crippen LogP contribution in [-0.4, -0.2) is 30.7 Å². The van der Waals surface area contributed by atoms with E-state index in [4.69, 9.17) is 5.11 Å². The second kappa shape index (κ2) is 5.62. The molecule has 2 N–H and O–H groups in total. The monoisotopic (exact) mass is 243 g/mol. The third-order valence-electron chi connectivity index (χ3n) is 2.04. The van der Waals surface area contributed by atoms with Crippen molar-refractivity contribution in [1.82, 2.24) is 5.32 Å². The standard InChI is InChI=1S/C10H13NO4S/c1-6-7(3-8(16-6)10(13)14)4-11-5-9(12)15-2/h3,11H,4-5H2,1-2H3,(H,13,14). The fourth-order valence-corrected chi connectivity index (χ4v) is 2.05. The van der Waals surface area contributed by atoms with Crippen molar-refractivity contribution in [2.75, 3.05) is 13.7 Å². The lowest BCUT2D eigenvalue weighted by molar-refractivity contribution is -0.139. The molecule has 1 heterocycles. The zero-order chi connectivity index (χ0) is 12.1. The Labute approximate surface area is 97.0 Å². The van der Waals surface area contributed by atoms with Crippen LogP contribution < -0.4 is 5.32 Å². The number of esters is 1. The van der Waals surface area contributed by atoms with Gasteiger partial charge >= 0.3 is 11.9 Å². The summed E-state index contributed by atoms with van der Waals surface area (Å²) in [4.78, 5) is 22.8. The number of nitrogens with one attached hydrogen (secondary N) is 1. The maximum atomic E-state index is 10.8. The minimum Gasteiger partial charge on any atom is -0.477 e. The highest BCUT2D eigenvalue weighted by Crippen LogP contribution is 2.21. The summed E-state index contributed by atoms with van der Waals surface area (Å²) in [6.07, 6.45) is 0. The van der Waals surface area contributed by atoms with Crippen molar-refractivity contribution in [2.45, 2.75) is 13.5 Å². The van der Waals surface area contributed by atoms with E-state index in [0.29, 0.717) is 11.4 Å². The van der Waals surface area contributed by atoms with Crippen LogP contribution in [-0.2, 0) is 16.1 Å². The Hall–Kier alpha value is -1.40. The van der Waals surface area contributed by atoms with E-state index < -0.39 is 5.97 Å². The summed E-state index contributed by atoms with van der Waals surface area (Å²) in [5.41, 5.74) is 0.895. The quantitative estimate of drug-likeness (QED) is 0.755. The van der Waals surface area contributed by atoms with Crippen LogP contribution in [0.15, 0.2) is 6.07 Å². The molecule has 0 fully saturated rings. The fourth-order valence-electron chi connectivity index (χ4n) is 1.17. The summed E-state index contributed by atoms with van der Waals surface area (Å²) in [6, 6.07) is 1.62. The van der Waals surface area contributed by atoms with Gasteiger partial charge in [-0.1, -0.05) is 0 Å². The van der Waals surface area contributed by atoms with Gasteiger partial charge in [-0.15, -0.1) is 11.3 Å². The number of carboxylic acids is 1. The number of rotatable bonds is 5. The van der Waals surface area contributed by atoms with Gasteiger partial charge in [0.25, 0.3) is 0 Å². The van der Waals surface area contributed by atoms with Gasteiger partial charge in [0.2, 0.25) is 0 Å². The van der Waals surface area contributed by atoms with E-state index in [1.54, 1.807) is 6.07 Å². The molecule has 1 rings (SSSR count). The first-order valence-corrected chi connectivity index (χ1v) is 5.46. The van der Waals surface area contributed by atoms with Gasteiger partial charge < -0.3 is 15.2 Å². The Bertz CT molecular complexity index is 400. The van der Waals surface area contributed by atoms with Gasteiger partial charge in [-0.25, -0.2) is 4.79 Å². The van der Waals surface area contributed by atoms with Crippen LogP contribution in [0.5, 0.6) is 0 Å². The first kappa shape index (κ1) is 12.7. The summed E-state index contributed by atoms with van der Waals surface area (Å²) >= 11 is 1.23. The predicted molar refractivity (Wildman–Crippen MR) is 59.7 cm³/mol. The molecule has 5 nitrogen and oxygen atoms in total. The lowest BCUT2D eigenvalue weighted by atomic mass is 10.2. The third-order valence-corrected chi connectivity index (χ3v) is 3.12. The number of thiophene rings is 1. The Morgan fingerprint density at radius 2 is 2.25 bits per heavy atom. The molecule has 0 bridgehead atoms. The Morgan fingerprint density at radius 1 is 1.56 bits per heavy atom. The number of hydrogen-bond donors (Lipinski definition) is 2. The van der Waals surface area contributed by atoms with E-state index >= 15 is 0 Å². The molecule has 0 atom stereocenters. The van der Waals surface area contributed by atoms with Crippen LogP contribution in [0.1, 0.15) is 20.1 Å². The second-order valence-corrected chi connectivity index (χ2v) is 4.43. The molecule has 0 aliphatic heterocycles. The van der Waals surface area contributed by atoms with Crippen molar-refractivity contribution in [3.63, 3.8) is 0 Å². The Morgan fingerprint density at radius 3 is 2.75 bits per heavy atom. The molecule has 0 spiro atoms. The largest absolute Gasteiger partial charge is 0.477 e. The van der Waals surface area contributed by atoms with Crippen LogP contribution >= 0.6 is 11.3 Å². The number of carbonyl (C=O) groups excluding carboxylic acids is 1. The molecule has 1 aromatic heterocycles. The smallest absolute Gasteiger partial charge is 0.345 e. The highest BCUT2D eigenvalue weighted by Gasteiger charge is 2.10. The van der Waals surface area contributed by atoms with Crippen LogP contribution in [0.4, 0.5) is 0 Å². The molecular weight excluding hydrogens is 230 g/mol. The first-order chi connectivity index (χ1) is 7.54. The molecule has 0 aliphatic rings. The fraction of sp³-hybridized carbons (Fsp3) is 0.400. The van der Waals surface area contributed by atoms with Gasteiger partial charge in [0, 0.05) is 11.4 Å². The van der Waals surface area contributed by atoms with Gasteiger partial charge in [0.15, 0.2) is 0 Å². The highest BCUT2D eigenvalue weighted by atomic mass is 32.1. The van der Waals surface area contributed by atoms with Crippen molar-refractivity contribution in [1.29, 1.82) is 0 Å².